The van der Waals surface area contributed by atoms with Gasteiger partial charge in [-0.1, -0.05) is 0 Å². The number of nitrogens with two attached hydrogens (primary N) is 1. The third-order valence-corrected chi connectivity index (χ3v) is 7.85. The maximum absolute atomic E-state index is 12.4. The number of carbonyl (C=O) groups excluding carboxylic acids is 1. The van der Waals surface area contributed by atoms with Crippen LogP contribution in [0.15, 0.2) is 0 Å². The molecule has 1 saturated carbocycles. The molecule has 1 aromatic rings. The maximum atomic E-state index is 12.4. The molecule has 0 atom stereocenters. The second-order valence-electron chi connectivity index (χ2n) is 8.14. The molecule has 0 aromatic carbocycles. The largest absolute Gasteiger partial charge is 0.465 e. The highest BCUT2D eigenvalue weighted by Gasteiger charge is 2.36. The Balaban J connectivity index is 1.67. The molecule has 0 radical (unpaired) electrons. The van der Waals surface area contributed by atoms with Crippen LogP contribution in [0.5, 0.6) is 0 Å². The molecule has 0 amide bonds. The predicted octanol–water partition coefficient (Wildman–Crippen LogP) is 3.20. The minimum absolute atomic E-state index is 0.241. The molecule has 7 heteroatoms. The van der Waals surface area contributed by atoms with E-state index < -0.39 is 0 Å². The van der Waals surface area contributed by atoms with Gasteiger partial charge in [-0.05, 0) is 65.0 Å². The molecule has 3 rings (SSSR count). The van der Waals surface area contributed by atoms with Crippen LogP contribution >= 0.6 is 11.3 Å². The van der Waals surface area contributed by atoms with Gasteiger partial charge in [0.15, 0.2) is 0 Å². The zero-order valence-corrected chi connectivity index (χ0v) is 19.2. The Kier molecular flexibility index (Phi) is 7.96. The van der Waals surface area contributed by atoms with Crippen LogP contribution in [0.1, 0.15) is 60.3 Å². The second-order valence-corrected chi connectivity index (χ2v) is 9.22. The molecule has 2 N–H and O–H groups in total. The molecule has 164 valence electrons. The summed E-state index contributed by atoms with van der Waals surface area (Å²) in [6, 6.07) is 1.23. The topological polar surface area (TPSA) is 68.0 Å². The first-order valence-electron chi connectivity index (χ1n) is 11.1. The van der Waals surface area contributed by atoms with Crippen molar-refractivity contribution in [1.82, 2.24) is 4.90 Å². The summed E-state index contributed by atoms with van der Waals surface area (Å²) in [5.41, 5.74) is 7.58. The lowest BCUT2D eigenvalue weighted by atomic mass is 9.87. The van der Waals surface area contributed by atoms with Gasteiger partial charge in [0, 0.05) is 43.2 Å². The minimum Gasteiger partial charge on any atom is -0.465 e. The molecule has 2 fully saturated rings. The lowest BCUT2D eigenvalue weighted by Crippen LogP contribution is -2.57. The van der Waals surface area contributed by atoms with E-state index in [-0.39, 0.29) is 5.97 Å². The smallest absolute Gasteiger partial charge is 0.339 e. The van der Waals surface area contributed by atoms with Crippen molar-refractivity contribution in [2.45, 2.75) is 71.1 Å². The number of rotatable bonds is 9. The zero-order valence-electron chi connectivity index (χ0n) is 18.4. The molecule has 29 heavy (non-hydrogen) atoms. The van der Waals surface area contributed by atoms with Crippen LogP contribution in [-0.2, 0) is 15.9 Å². The van der Waals surface area contributed by atoms with Gasteiger partial charge in [0.05, 0.1) is 23.8 Å². The number of likely N-dealkylation sites (tertiary alicyclic amines) is 1. The van der Waals surface area contributed by atoms with Crippen LogP contribution in [0.3, 0.4) is 0 Å². The Hall–Kier alpha value is -1.15. The fourth-order valence-corrected chi connectivity index (χ4v) is 6.36. The van der Waals surface area contributed by atoms with Gasteiger partial charge in [-0.2, -0.15) is 0 Å². The van der Waals surface area contributed by atoms with Crippen molar-refractivity contribution in [3.05, 3.63) is 16.0 Å². The lowest BCUT2D eigenvalue weighted by Gasteiger charge is -2.47. The number of carbonyl (C=O) groups is 1. The van der Waals surface area contributed by atoms with E-state index in [9.17, 15) is 4.79 Å². The van der Waals surface area contributed by atoms with Crippen molar-refractivity contribution in [2.24, 2.45) is 5.73 Å². The van der Waals surface area contributed by atoms with Gasteiger partial charge in [-0.15, -0.1) is 11.3 Å². The maximum Gasteiger partial charge on any atom is 0.339 e. The summed E-state index contributed by atoms with van der Waals surface area (Å²) in [5.74, 6) is -0.241. The molecule has 1 aliphatic heterocycles. The molecule has 0 unspecified atom stereocenters. The first-order chi connectivity index (χ1) is 14.0. The summed E-state index contributed by atoms with van der Waals surface area (Å²) in [4.78, 5) is 18.5. The molecule has 1 aliphatic carbocycles. The van der Waals surface area contributed by atoms with E-state index >= 15 is 0 Å². The van der Waals surface area contributed by atoms with E-state index in [4.69, 9.17) is 15.2 Å². The average molecular weight is 424 g/mol. The Bertz CT molecular complexity index is 679. The van der Waals surface area contributed by atoms with Gasteiger partial charge in [0.25, 0.3) is 0 Å². The Morgan fingerprint density at radius 2 is 1.93 bits per heavy atom. The monoisotopic (exact) mass is 423 g/mol. The molecule has 6 nitrogen and oxygen atoms in total. The summed E-state index contributed by atoms with van der Waals surface area (Å²) >= 11 is 1.73. The summed E-state index contributed by atoms with van der Waals surface area (Å²) in [6.07, 6.45) is 6.04. The number of ether oxygens (including phenoxy) is 2. The van der Waals surface area contributed by atoms with E-state index in [1.165, 1.54) is 37.8 Å². The molecule has 0 bridgehead atoms. The molecule has 1 aromatic heterocycles. The van der Waals surface area contributed by atoms with Crippen molar-refractivity contribution in [2.75, 3.05) is 44.8 Å². The molecule has 2 aliphatic rings. The quantitative estimate of drug-likeness (QED) is 0.615. The van der Waals surface area contributed by atoms with E-state index in [0.717, 1.165) is 48.7 Å². The van der Waals surface area contributed by atoms with Crippen molar-refractivity contribution >= 4 is 22.3 Å². The average Bonchev–Trinajstić information content (AvgIpc) is 3.01. The van der Waals surface area contributed by atoms with Crippen LogP contribution in [0.4, 0.5) is 5.00 Å². The Labute approximate surface area is 179 Å². The zero-order chi connectivity index (χ0) is 21.0. The van der Waals surface area contributed by atoms with Crippen LogP contribution in [-0.4, -0.2) is 69.0 Å². The number of hydrogen-bond donors (Lipinski definition) is 1. The highest BCUT2D eigenvalue weighted by molar-refractivity contribution is 7.16. The van der Waals surface area contributed by atoms with Gasteiger partial charge < -0.3 is 20.1 Å². The highest BCUT2D eigenvalue weighted by Crippen LogP contribution is 2.40. The summed E-state index contributed by atoms with van der Waals surface area (Å²) in [5, 5.41) is 1.22. The predicted molar refractivity (Wildman–Crippen MR) is 119 cm³/mol. The van der Waals surface area contributed by atoms with Gasteiger partial charge in [0.2, 0.25) is 0 Å². The van der Waals surface area contributed by atoms with E-state index in [1.54, 1.807) is 11.3 Å². The Morgan fingerprint density at radius 3 is 2.48 bits per heavy atom. The van der Waals surface area contributed by atoms with E-state index in [2.05, 4.69) is 30.6 Å². The van der Waals surface area contributed by atoms with Gasteiger partial charge in [-0.3, -0.25) is 4.90 Å². The fraction of sp³-hybridized carbons (Fsp3) is 0.773. The van der Waals surface area contributed by atoms with Crippen molar-refractivity contribution < 1.29 is 14.3 Å². The first kappa shape index (κ1) is 22.5. The van der Waals surface area contributed by atoms with Gasteiger partial charge in [0.1, 0.15) is 0 Å². The number of methoxy groups -OCH3 is 1. The fourth-order valence-electron chi connectivity index (χ4n) is 4.92. The van der Waals surface area contributed by atoms with Crippen LogP contribution < -0.4 is 10.6 Å². The summed E-state index contributed by atoms with van der Waals surface area (Å²) < 4.78 is 10.8. The molecular formula is C22H37N3O3S. The third-order valence-electron chi connectivity index (χ3n) is 6.46. The number of nitrogens with zero attached hydrogens (tertiary/aromatic N) is 2. The number of hydrogen-bond acceptors (Lipinski definition) is 7. The molecule has 2 heterocycles. The van der Waals surface area contributed by atoms with Crippen LogP contribution in [0, 0.1) is 6.92 Å². The molecule has 0 spiro atoms. The third kappa shape index (κ3) is 4.79. The Morgan fingerprint density at radius 1 is 1.24 bits per heavy atom. The standard InChI is InChI=1S/C22H37N3O3S/c1-5-25(21-15(3)20(22(26)27-4)19(29-21)11-12-23)17-9-7-16(8-10-17)24-13-18(14-24)28-6-2/h16-18H,5-14,23H2,1-4H3. The molecular weight excluding hydrogens is 386 g/mol. The number of esters is 1. The summed E-state index contributed by atoms with van der Waals surface area (Å²) in [7, 11) is 1.45. The van der Waals surface area contributed by atoms with E-state index in [1.807, 2.05) is 0 Å². The highest BCUT2D eigenvalue weighted by atomic mass is 32.1. The SMILES string of the molecule is CCOC1CN(C2CCC(N(CC)c3sc(CCN)c(C(=O)OC)c3C)CC2)C1. The lowest BCUT2D eigenvalue weighted by molar-refractivity contribution is -0.0738. The van der Waals surface area contributed by atoms with Crippen LogP contribution in [0.2, 0.25) is 0 Å². The minimum atomic E-state index is -0.241. The normalized spacial score (nSPS) is 23.1. The number of thiophene rings is 1. The second kappa shape index (κ2) is 10.2. The first-order valence-corrected chi connectivity index (χ1v) is 11.9. The van der Waals surface area contributed by atoms with Crippen LogP contribution in [0.25, 0.3) is 0 Å². The summed E-state index contributed by atoms with van der Waals surface area (Å²) in [6.45, 7) is 10.8. The van der Waals surface area contributed by atoms with Gasteiger partial charge in [-0.25, -0.2) is 4.79 Å². The molecule has 1 saturated heterocycles. The number of anilines is 1. The van der Waals surface area contributed by atoms with Crippen molar-refractivity contribution in [1.29, 1.82) is 0 Å². The van der Waals surface area contributed by atoms with Crippen molar-refractivity contribution in [3.8, 4) is 0 Å². The van der Waals surface area contributed by atoms with Crippen molar-refractivity contribution in [3.63, 3.8) is 0 Å². The van der Waals surface area contributed by atoms with Gasteiger partial charge >= 0.3 is 5.97 Å². The van der Waals surface area contributed by atoms with E-state index in [0.29, 0.717) is 24.7 Å².